The Hall–Kier alpha value is -5.01. The highest BCUT2D eigenvalue weighted by atomic mass is 16.2. The van der Waals surface area contributed by atoms with Crippen LogP contribution in [-0.2, 0) is 4.79 Å². The summed E-state index contributed by atoms with van der Waals surface area (Å²) in [5.74, 6) is 1.11. The molecule has 0 unspecified atom stereocenters. The zero-order chi connectivity index (χ0) is 24.5. The van der Waals surface area contributed by atoms with Gasteiger partial charge in [0, 0.05) is 28.1 Å². The summed E-state index contributed by atoms with van der Waals surface area (Å²) in [6.45, 7) is 1.73. The molecule has 0 bridgehead atoms. The molecule has 0 radical (unpaired) electrons. The number of nitriles is 1. The van der Waals surface area contributed by atoms with Gasteiger partial charge in [0.05, 0.1) is 11.6 Å². The number of hydrogen-bond donors (Lipinski definition) is 2. The van der Waals surface area contributed by atoms with Crippen LogP contribution in [0.4, 0.5) is 11.4 Å². The Kier molecular flexibility index (Phi) is 7.67. The Labute approximate surface area is 197 Å². The van der Waals surface area contributed by atoms with Crippen molar-refractivity contribution in [1.82, 2.24) is 0 Å². The first-order chi connectivity index (χ1) is 16.4. The monoisotopic (exact) mass is 448 g/mol. The third kappa shape index (κ3) is 6.03. The van der Waals surface area contributed by atoms with Gasteiger partial charge >= 0.3 is 0 Å². The van der Waals surface area contributed by atoms with Gasteiger partial charge in [0.1, 0.15) is 5.71 Å². The van der Waals surface area contributed by atoms with E-state index in [1.165, 1.54) is 12.1 Å². The van der Waals surface area contributed by atoms with E-state index in [9.17, 15) is 14.4 Å². The van der Waals surface area contributed by atoms with Gasteiger partial charge in [-0.2, -0.15) is 5.26 Å². The molecule has 0 fully saturated rings. The van der Waals surface area contributed by atoms with Crippen molar-refractivity contribution < 1.29 is 14.4 Å². The molecule has 0 atom stereocenters. The van der Waals surface area contributed by atoms with Gasteiger partial charge in [0.2, 0.25) is 0 Å². The number of aliphatic imine (C=N–C) groups is 1. The maximum atomic E-state index is 12.6. The Morgan fingerprint density at radius 3 is 1.91 bits per heavy atom. The van der Waals surface area contributed by atoms with Gasteiger partial charge in [0.25, 0.3) is 17.7 Å². The number of nitrogens with zero attached hydrogens (tertiary/aromatic N) is 2. The molecule has 0 aliphatic rings. The van der Waals surface area contributed by atoms with Crippen LogP contribution < -0.4 is 10.6 Å². The molecule has 7 heteroatoms. The van der Waals surface area contributed by atoms with Crippen LogP contribution in [0.3, 0.4) is 0 Å². The lowest BCUT2D eigenvalue weighted by Gasteiger charge is -2.07. The van der Waals surface area contributed by atoms with Crippen molar-refractivity contribution in [3.05, 3.63) is 95.1 Å². The second-order valence-corrected chi connectivity index (χ2v) is 7.11. The van der Waals surface area contributed by atoms with Crippen LogP contribution in [0.1, 0.15) is 45.2 Å². The van der Waals surface area contributed by atoms with E-state index in [-0.39, 0.29) is 23.6 Å². The normalized spacial score (nSPS) is 10.5. The van der Waals surface area contributed by atoms with E-state index >= 15 is 0 Å². The Bertz CT molecular complexity index is 1330. The van der Waals surface area contributed by atoms with Gasteiger partial charge in [-0.25, -0.2) is 4.99 Å². The molecule has 7 nitrogen and oxygen atoms in total. The topological polar surface area (TPSA) is 111 Å². The van der Waals surface area contributed by atoms with Gasteiger partial charge in [-0.15, -0.1) is 6.42 Å². The van der Waals surface area contributed by atoms with Crippen molar-refractivity contribution in [3.63, 3.8) is 0 Å². The predicted molar refractivity (Wildman–Crippen MR) is 131 cm³/mol. The molecular formula is C27H20N4O3. The fraction of sp³-hybridized carbons (Fsp3) is 0.0741. The molecule has 3 rings (SSSR count). The lowest BCUT2D eigenvalue weighted by Crippen LogP contribution is -2.23. The molecule has 3 aromatic carbocycles. The smallest absolute Gasteiger partial charge is 0.277 e. The summed E-state index contributed by atoms with van der Waals surface area (Å²) in [6.07, 6.45) is 5.59. The predicted octanol–water partition coefficient (Wildman–Crippen LogP) is 4.42. The largest absolute Gasteiger partial charge is 0.322 e. The minimum Gasteiger partial charge on any atom is -0.322 e. The lowest BCUT2D eigenvalue weighted by molar-refractivity contribution is -0.110. The number of benzene rings is 3. The van der Waals surface area contributed by atoms with E-state index in [1.807, 2.05) is 6.07 Å². The first kappa shape index (κ1) is 23.6. The maximum absolute atomic E-state index is 12.6. The summed E-state index contributed by atoms with van der Waals surface area (Å²) in [6, 6.07) is 21.2. The number of amides is 3. The number of rotatable bonds is 6. The van der Waals surface area contributed by atoms with E-state index < -0.39 is 11.8 Å². The van der Waals surface area contributed by atoms with Crippen LogP contribution in [0.5, 0.6) is 0 Å². The highest BCUT2D eigenvalue weighted by Crippen LogP contribution is 2.14. The first-order valence-electron chi connectivity index (χ1n) is 10.3. The number of terminal acetylenes is 1. The number of nitrogens with one attached hydrogen (secondary N) is 2. The van der Waals surface area contributed by atoms with Gasteiger partial charge in [0.15, 0.2) is 0 Å². The number of hydrogen-bond acceptors (Lipinski definition) is 4. The van der Waals surface area contributed by atoms with Crippen molar-refractivity contribution in [1.29, 1.82) is 5.26 Å². The van der Waals surface area contributed by atoms with Crippen molar-refractivity contribution >= 4 is 34.8 Å². The van der Waals surface area contributed by atoms with Crippen LogP contribution >= 0.6 is 0 Å². The standard InChI is InChI=1S/C27H20N4O3/c1-3-18-7-13-22(14-8-18)30-27(34)24(4-2)31-26(33)21-11-15-23(16-12-21)29-25(32)20-9-5-19(17-28)6-10-20/h1,5-16H,4H2,2H3,(H,29,32)(H,30,34). The molecule has 0 saturated carbocycles. The van der Waals surface area contributed by atoms with Crippen LogP contribution in [-0.4, -0.2) is 23.4 Å². The molecule has 0 saturated heterocycles. The molecule has 0 heterocycles. The van der Waals surface area contributed by atoms with E-state index in [0.29, 0.717) is 28.1 Å². The summed E-state index contributed by atoms with van der Waals surface area (Å²) >= 11 is 0. The Morgan fingerprint density at radius 1 is 0.824 bits per heavy atom. The summed E-state index contributed by atoms with van der Waals surface area (Å²) in [5, 5.41) is 14.3. The summed E-state index contributed by atoms with van der Waals surface area (Å²) in [7, 11) is 0. The molecule has 2 N–H and O–H groups in total. The van der Waals surface area contributed by atoms with Crippen molar-refractivity contribution in [2.24, 2.45) is 4.99 Å². The SMILES string of the molecule is C#Cc1ccc(NC(=O)C(CC)=NC(=O)c2ccc(NC(=O)c3ccc(C#N)cc3)cc2)cc1. The maximum Gasteiger partial charge on any atom is 0.277 e. The van der Waals surface area contributed by atoms with Crippen LogP contribution in [0, 0.1) is 23.7 Å². The van der Waals surface area contributed by atoms with Crippen LogP contribution in [0.2, 0.25) is 0 Å². The van der Waals surface area contributed by atoms with E-state index in [0.717, 1.165) is 0 Å². The fourth-order valence-electron chi connectivity index (χ4n) is 2.93. The van der Waals surface area contributed by atoms with Crippen molar-refractivity contribution in [2.75, 3.05) is 10.6 Å². The van der Waals surface area contributed by atoms with Crippen LogP contribution in [0.15, 0.2) is 77.8 Å². The zero-order valence-electron chi connectivity index (χ0n) is 18.3. The highest BCUT2D eigenvalue weighted by Gasteiger charge is 2.14. The molecule has 0 aliphatic heterocycles. The van der Waals surface area contributed by atoms with E-state index in [1.54, 1.807) is 67.6 Å². The first-order valence-corrected chi connectivity index (χ1v) is 10.3. The minimum atomic E-state index is -0.570. The number of carbonyl (C=O) groups excluding carboxylic acids is 3. The molecule has 166 valence electrons. The number of anilines is 2. The Balaban J connectivity index is 1.65. The third-order valence-corrected chi connectivity index (χ3v) is 4.81. The number of carbonyl (C=O) groups is 3. The molecule has 0 spiro atoms. The summed E-state index contributed by atoms with van der Waals surface area (Å²) in [5.41, 5.74) is 2.93. The molecule has 0 aromatic heterocycles. The molecular weight excluding hydrogens is 428 g/mol. The third-order valence-electron chi connectivity index (χ3n) is 4.81. The van der Waals surface area contributed by atoms with Crippen molar-refractivity contribution in [3.8, 4) is 18.4 Å². The molecule has 0 aliphatic carbocycles. The summed E-state index contributed by atoms with van der Waals surface area (Å²) < 4.78 is 0. The highest BCUT2D eigenvalue weighted by molar-refractivity contribution is 6.44. The van der Waals surface area contributed by atoms with Gasteiger partial charge < -0.3 is 10.6 Å². The molecule has 34 heavy (non-hydrogen) atoms. The van der Waals surface area contributed by atoms with E-state index in [4.69, 9.17) is 11.7 Å². The summed E-state index contributed by atoms with van der Waals surface area (Å²) in [4.78, 5) is 41.4. The van der Waals surface area contributed by atoms with Crippen molar-refractivity contribution in [2.45, 2.75) is 13.3 Å². The fourth-order valence-corrected chi connectivity index (χ4v) is 2.93. The van der Waals surface area contributed by atoms with Gasteiger partial charge in [-0.1, -0.05) is 12.8 Å². The lowest BCUT2D eigenvalue weighted by atomic mass is 10.1. The zero-order valence-corrected chi connectivity index (χ0v) is 18.3. The van der Waals surface area contributed by atoms with Crippen LogP contribution in [0.25, 0.3) is 0 Å². The quantitative estimate of drug-likeness (QED) is 0.429. The van der Waals surface area contributed by atoms with E-state index in [2.05, 4.69) is 21.5 Å². The molecule has 3 amide bonds. The van der Waals surface area contributed by atoms with Gasteiger partial charge in [-0.3, -0.25) is 14.4 Å². The second kappa shape index (κ2) is 11.0. The van der Waals surface area contributed by atoms with Gasteiger partial charge in [-0.05, 0) is 79.2 Å². The average Bonchev–Trinajstić information content (AvgIpc) is 2.87. The average molecular weight is 448 g/mol. The molecule has 3 aromatic rings. The second-order valence-electron chi connectivity index (χ2n) is 7.11. The minimum absolute atomic E-state index is 0.0872. The Morgan fingerprint density at radius 2 is 1.35 bits per heavy atom.